The summed E-state index contributed by atoms with van der Waals surface area (Å²) in [7, 11) is 0. The number of benzene rings is 3. The van der Waals surface area contributed by atoms with Crippen molar-refractivity contribution in [3.8, 4) is 0 Å². The van der Waals surface area contributed by atoms with Crippen LogP contribution < -0.4 is 10.6 Å². The minimum atomic E-state index is -0.781. The molecule has 0 saturated carbocycles. The molecule has 0 aliphatic carbocycles. The Balaban J connectivity index is 1.67. The maximum absolute atomic E-state index is 12.8. The monoisotopic (exact) mass is 390 g/mol. The quantitative estimate of drug-likeness (QED) is 0.417. The molecule has 142 valence electrons. The fraction of sp³-hybridized carbons (Fsp3) is 0.130. The van der Waals surface area contributed by atoms with Crippen molar-refractivity contribution in [1.82, 2.24) is 0 Å². The Bertz CT molecular complexity index is 833. The minimum absolute atomic E-state index is 0.298. The third-order valence-electron chi connectivity index (χ3n) is 4.13. The number of nitrogens with one attached hydrogen (secondary N) is 2. The number of carbonyl (C=O) groups is 2. The molecule has 28 heavy (non-hydrogen) atoms. The average molecular weight is 391 g/mol. The largest absolute Gasteiger partial charge is 0.325 e. The molecule has 2 amide bonds. The van der Waals surface area contributed by atoms with Gasteiger partial charge in [-0.15, -0.1) is 11.8 Å². The molecule has 0 aromatic heterocycles. The highest BCUT2D eigenvalue weighted by atomic mass is 32.2. The second-order valence-electron chi connectivity index (χ2n) is 6.21. The molecule has 0 saturated heterocycles. The SMILES string of the molecule is O=C(Nc1ccccc1)C(CCSc1ccccc1)C(=O)Nc1ccccc1. The highest BCUT2D eigenvalue weighted by molar-refractivity contribution is 7.99. The van der Waals surface area contributed by atoms with Crippen molar-refractivity contribution < 1.29 is 9.59 Å². The van der Waals surface area contributed by atoms with Gasteiger partial charge in [0.05, 0.1) is 0 Å². The molecule has 3 rings (SSSR count). The summed E-state index contributed by atoms with van der Waals surface area (Å²) in [5.41, 5.74) is 1.36. The Morgan fingerprint density at radius 2 is 1.11 bits per heavy atom. The van der Waals surface area contributed by atoms with Crippen LogP contribution in [0.4, 0.5) is 11.4 Å². The van der Waals surface area contributed by atoms with Crippen LogP contribution in [-0.4, -0.2) is 17.6 Å². The van der Waals surface area contributed by atoms with Gasteiger partial charge in [0.1, 0.15) is 5.92 Å². The van der Waals surface area contributed by atoms with Gasteiger partial charge in [-0.1, -0.05) is 54.6 Å². The lowest BCUT2D eigenvalue weighted by molar-refractivity contribution is -0.129. The first-order chi connectivity index (χ1) is 13.7. The van der Waals surface area contributed by atoms with Crippen molar-refractivity contribution >= 4 is 35.0 Å². The van der Waals surface area contributed by atoms with Crippen LogP contribution in [0.2, 0.25) is 0 Å². The van der Waals surface area contributed by atoms with Crippen molar-refractivity contribution in [2.24, 2.45) is 5.92 Å². The van der Waals surface area contributed by atoms with E-state index in [4.69, 9.17) is 0 Å². The number of hydrogen-bond donors (Lipinski definition) is 2. The third-order valence-corrected chi connectivity index (χ3v) is 5.18. The van der Waals surface area contributed by atoms with Crippen LogP contribution in [-0.2, 0) is 9.59 Å². The molecule has 0 aliphatic heterocycles. The molecule has 5 heteroatoms. The molecule has 0 atom stereocenters. The van der Waals surface area contributed by atoms with Gasteiger partial charge in [-0.25, -0.2) is 0 Å². The van der Waals surface area contributed by atoms with Gasteiger partial charge in [0, 0.05) is 16.3 Å². The summed E-state index contributed by atoms with van der Waals surface area (Å²) in [6.45, 7) is 0. The van der Waals surface area contributed by atoms with Crippen molar-refractivity contribution in [2.45, 2.75) is 11.3 Å². The number of thioether (sulfide) groups is 1. The Labute approximate surface area is 169 Å². The molecule has 3 aromatic carbocycles. The van der Waals surface area contributed by atoms with E-state index in [9.17, 15) is 9.59 Å². The normalized spacial score (nSPS) is 10.5. The van der Waals surface area contributed by atoms with Crippen LogP contribution >= 0.6 is 11.8 Å². The van der Waals surface area contributed by atoms with Gasteiger partial charge in [-0.2, -0.15) is 0 Å². The summed E-state index contributed by atoms with van der Waals surface area (Å²) in [5, 5.41) is 5.70. The minimum Gasteiger partial charge on any atom is -0.325 e. The van der Waals surface area contributed by atoms with Gasteiger partial charge >= 0.3 is 0 Å². The lowest BCUT2D eigenvalue weighted by Crippen LogP contribution is -2.34. The van der Waals surface area contributed by atoms with E-state index >= 15 is 0 Å². The van der Waals surface area contributed by atoms with Crippen LogP contribution in [0.5, 0.6) is 0 Å². The van der Waals surface area contributed by atoms with Gasteiger partial charge in [-0.05, 0) is 48.6 Å². The second-order valence-corrected chi connectivity index (χ2v) is 7.38. The Kier molecular flexibility index (Phi) is 7.27. The summed E-state index contributed by atoms with van der Waals surface area (Å²) in [6.07, 6.45) is 0.441. The van der Waals surface area contributed by atoms with E-state index in [1.165, 1.54) is 0 Å². The zero-order chi connectivity index (χ0) is 19.6. The molecular formula is C23H22N2O2S. The smallest absolute Gasteiger partial charge is 0.236 e. The standard InChI is InChI=1S/C23H22N2O2S/c26-22(24-18-10-4-1-5-11-18)21(16-17-28-20-14-8-3-9-15-20)23(27)25-19-12-6-2-7-13-19/h1-15,21H,16-17H2,(H,24,26)(H,25,27). The van der Waals surface area contributed by atoms with Gasteiger partial charge in [-0.3, -0.25) is 9.59 Å². The highest BCUT2D eigenvalue weighted by Crippen LogP contribution is 2.22. The number of anilines is 2. The van der Waals surface area contributed by atoms with Gasteiger partial charge < -0.3 is 10.6 Å². The second kappa shape index (κ2) is 10.3. The molecule has 0 bridgehead atoms. The molecule has 0 heterocycles. The molecule has 3 aromatic rings. The lowest BCUT2D eigenvalue weighted by atomic mass is 10.0. The van der Waals surface area contributed by atoms with Crippen molar-refractivity contribution in [2.75, 3.05) is 16.4 Å². The number of amides is 2. The first-order valence-electron chi connectivity index (χ1n) is 9.12. The third kappa shape index (κ3) is 5.99. The van der Waals surface area contributed by atoms with Gasteiger partial charge in [0.15, 0.2) is 0 Å². The van der Waals surface area contributed by atoms with E-state index < -0.39 is 5.92 Å². The maximum atomic E-state index is 12.8. The first-order valence-corrected chi connectivity index (χ1v) is 10.1. The van der Waals surface area contributed by atoms with Crippen LogP contribution in [0, 0.1) is 5.92 Å². The van der Waals surface area contributed by atoms with Gasteiger partial charge in [0.2, 0.25) is 11.8 Å². The summed E-state index contributed by atoms with van der Waals surface area (Å²) in [6, 6.07) is 28.3. The fourth-order valence-corrected chi connectivity index (χ4v) is 3.63. The van der Waals surface area contributed by atoms with Crippen molar-refractivity contribution in [3.63, 3.8) is 0 Å². The summed E-state index contributed by atoms with van der Waals surface area (Å²) >= 11 is 1.64. The zero-order valence-corrected chi connectivity index (χ0v) is 16.2. The molecule has 0 spiro atoms. The molecule has 4 nitrogen and oxygen atoms in total. The van der Waals surface area contributed by atoms with E-state index in [1.54, 1.807) is 11.8 Å². The van der Waals surface area contributed by atoms with Crippen LogP contribution in [0.3, 0.4) is 0 Å². The Morgan fingerprint density at radius 3 is 1.57 bits per heavy atom. The maximum Gasteiger partial charge on any atom is 0.236 e. The topological polar surface area (TPSA) is 58.2 Å². The summed E-state index contributed by atoms with van der Waals surface area (Å²) in [5.74, 6) is -0.711. The van der Waals surface area contributed by atoms with E-state index in [0.29, 0.717) is 23.5 Å². The van der Waals surface area contributed by atoms with E-state index in [-0.39, 0.29) is 11.8 Å². The van der Waals surface area contributed by atoms with Crippen LogP contribution in [0.15, 0.2) is 95.9 Å². The molecule has 2 N–H and O–H groups in total. The highest BCUT2D eigenvalue weighted by Gasteiger charge is 2.26. The van der Waals surface area contributed by atoms with E-state index in [0.717, 1.165) is 4.90 Å². The Morgan fingerprint density at radius 1 is 0.679 bits per heavy atom. The van der Waals surface area contributed by atoms with Crippen molar-refractivity contribution in [3.05, 3.63) is 91.0 Å². The van der Waals surface area contributed by atoms with Crippen LogP contribution in [0.1, 0.15) is 6.42 Å². The predicted molar refractivity (Wildman–Crippen MR) is 115 cm³/mol. The number of carbonyl (C=O) groups excluding carboxylic acids is 2. The molecular weight excluding hydrogens is 368 g/mol. The molecule has 0 fully saturated rings. The van der Waals surface area contributed by atoms with Crippen LogP contribution in [0.25, 0.3) is 0 Å². The first kappa shape index (κ1) is 19.7. The molecule has 0 unspecified atom stereocenters. The van der Waals surface area contributed by atoms with E-state index in [2.05, 4.69) is 10.6 Å². The summed E-state index contributed by atoms with van der Waals surface area (Å²) in [4.78, 5) is 26.7. The zero-order valence-electron chi connectivity index (χ0n) is 15.4. The number of hydrogen-bond acceptors (Lipinski definition) is 3. The molecule has 0 aliphatic rings. The van der Waals surface area contributed by atoms with Gasteiger partial charge in [0.25, 0.3) is 0 Å². The number of para-hydroxylation sites is 2. The average Bonchev–Trinajstić information content (AvgIpc) is 2.73. The predicted octanol–water partition coefficient (Wildman–Crippen LogP) is 5.06. The Hall–Kier alpha value is -3.05. The summed E-state index contributed by atoms with van der Waals surface area (Å²) < 4.78 is 0. The van der Waals surface area contributed by atoms with Crippen molar-refractivity contribution in [1.29, 1.82) is 0 Å². The van der Waals surface area contributed by atoms with E-state index in [1.807, 2.05) is 91.0 Å². The lowest BCUT2D eigenvalue weighted by Gasteiger charge is -2.17. The fourth-order valence-electron chi connectivity index (χ4n) is 2.69. The molecule has 0 radical (unpaired) electrons. The number of rotatable bonds is 8.